The molecule has 0 aliphatic heterocycles. The van der Waals surface area contributed by atoms with Crippen LogP contribution in [0.3, 0.4) is 0 Å². The largest absolute Gasteiger partial charge is 0.159 e. The summed E-state index contributed by atoms with van der Waals surface area (Å²) in [4.78, 5) is 1.28. The maximum absolute atomic E-state index is 13.5. The SMILES string of the molecule is CCCCCCc1cc(SF)sc1/C(=C1\C=CCCC1C)c1ccccc1C. The fourth-order valence-electron chi connectivity index (χ4n) is 4.05. The Morgan fingerprint density at radius 3 is 2.75 bits per heavy atom. The highest BCUT2D eigenvalue weighted by Gasteiger charge is 2.23. The minimum absolute atomic E-state index is 0.390. The molecule has 1 heterocycles. The molecule has 3 rings (SSSR count). The van der Waals surface area contributed by atoms with Gasteiger partial charge in [-0.25, -0.2) is 0 Å². The maximum atomic E-state index is 13.5. The number of unbranched alkanes of at least 4 members (excludes halogenated alkanes) is 3. The highest BCUT2D eigenvalue weighted by atomic mass is 32.2. The van der Waals surface area contributed by atoms with Crippen LogP contribution in [-0.2, 0) is 6.42 Å². The molecule has 1 atom stereocenters. The van der Waals surface area contributed by atoms with Crippen LogP contribution in [0.1, 0.15) is 73.9 Å². The molecule has 0 N–H and O–H groups in total. The third-order valence-corrected chi connectivity index (χ3v) is 7.39. The fourth-order valence-corrected chi connectivity index (χ4v) is 5.64. The van der Waals surface area contributed by atoms with Gasteiger partial charge in [-0.15, -0.1) is 11.3 Å². The van der Waals surface area contributed by atoms with Gasteiger partial charge in [-0.3, -0.25) is 0 Å². The van der Waals surface area contributed by atoms with Gasteiger partial charge >= 0.3 is 0 Å². The molecular formula is C25H31FS2. The molecule has 2 aromatic rings. The van der Waals surface area contributed by atoms with Crippen molar-refractivity contribution in [3.8, 4) is 0 Å². The van der Waals surface area contributed by atoms with Crippen LogP contribution in [0.25, 0.3) is 5.57 Å². The van der Waals surface area contributed by atoms with Crippen LogP contribution in [0.2, 0.25) is 0 Å². The number of thiophene rings is 1. The second-order valence-corrected chi connectivity index (χ2v) is 9.74. The van der Waals surface area contributed by atoms with E-state index in [1.165, 1.54) is 64.8 Å². The molecular weight excluding hydrogens is 383 g/mol. The average Bonchev–Trinajstić information content (AvgIpc) is 3.11. The molecule has 1 unspecified atom stereocenters. The Bertz CT molecular complexity index is 844. The highest BCUT2D eigenvalue weighted by molar-refractivity contribution is 7.96. The summed E-state index contributed by atoms with van der Waals surface area (Å²) in [6.07, 6.45) is 12.9. The normalized spacial score (nSPS) is 18.5. The molecule has 0 saturated heterocycles. The van der Waals surface area contributed by atoms with Gasteiger partial charge in [-0.1, -0.05) is 69.5 Å². The molecule has 0 fully saturated rings. The Morgan fingerprint density at radius 2 is 2.04 bits per heavy atom. The van der Waals surface area contributed by atoms with Gasteiger partial charge in [-0.05, 0) is 66.9 Å². The number of rotatable bonds is 8. The lowest BCUT2D eigenvalue weighted by Crippen LogP contribution is -2.07. The van der Waals surface area contributed by atoms with Crippen molar-refractivity contribution in [3.63, 3.8) is 0 Å². The predicted octanol–water partition coefficient (Wildman–Crippen LogP) is 8.94. The third kappa shape index (κ3) is 4.99. The third-order valence-electron chi connectivity index (χ3n) is 5.69. The molecule has 1 aliphatic carbocycles. The van der Waals surface area contributed by atoms with Crippen LogP contribution in [0.4, 0.5) is 3.89 Å². The summed E-state index contributed by atoms with van der Waals surface area (Å²) in [6, 6.07) is 10.7. The molecule has 0 nitrogen and oxygen atoms in total. The molecule has 0 amide bonds. The molecule has 0 saturated carbocycles. The zero-order chi connectivity index (χ0) is 19.9. The Morgan fingerprint density at radius 1 is 1.21 bits per heavy atom. The lowest BCUT2D eigenvalue weighted by atomic mass is 9.83. The second kappa shape index (κ2) is 10.5. The molecule has 0 bridgehead atoms. The van der Waals surface area contributed by atoms with Crippen molar-refractivity contribution in [1.29, 1.82) is 0 Å². The summed E-state index contributed by atoms with van der Waals surface area (Å²) in [5.74, 6) is 0.524. The Kier molecular flexibility index (Phi) is 7.99. The number of hydrogen-bond acceptors (Lipinski definition) is 2. The van der Waals surface area contributed by atoms with E-state index in [0.29, 0.717) is 18.1 Å². The van der Waals surface area contributed by atoms with Gasteiger partial charge in [-0.2, -0.15) is 3.89 Å². The smallest absolute Gasteiger partial charge is 0.0939 e. The summed E-state index contributed by atoms with van der Waals surface area (Å²) >= 11 is 2.02. The van der Waals surface area contributed by atoms with Gasteiger partial charge < -0.3 is 0 Å². The van der Waals surface area contributed by atoms with Crippen LogP contribution in [-0.4, -0.2) is 0 Å². The number of benzene rings is 1. The van der Waals surface area contributed by atoms with Crippen LogP contribution in [0, 0.1) is 12.8 Å². The summed E-state index contributed by atoms with van der Waals surface area (Å²) in [6.45, 7) is 6.76. The molecule has 1 aromatic heterocycles. The first-order chi connectivity index (χ1) is 13.7. The molecule has 1 aliphatic rings. The minimum Gasteiger partial charge on any atom is -0.159 e. The van der Waals surface area contributed by atoms with Gasteiger partial charge in [0.1, 0.15) is 0 Å². The standard InChI is InChI=1S/C25H31FS2/c1-4-5-6-7-14-20-17-23(28-26)27-25(20)24(21-15-10-8-12-18(21)2)22-16-11-9-13-19(22)3/h8,10-12,15-17,19H,4-7,9,13-14H2,1-3H3/b24-22+. The van der Waals surface area contributed by atoms with E-state index < -0.39 is 0 Å². The monoisotopic (exact) mass is 414 g/mol. The minimum atomic E-state index is 0.390. The molecule has 0 radical (unpaired) electrons. The quantitative estimate of drug-likeness (QED) is 0.388. The van der Waals surface area contributed by atoms with Crippen LogP contribution < -0.4 is 0 Å². The number of halogens is 1. The van der Waals surface area contributed by atoms with E-state index in [1.807, 2.05) is 0 Å². The first kappa shape index (κ1) is 21.4. The van der Waals surface area contributed by atoms with Crippen molar-refractivity contribution in [2.75, 3.05) is 0 Å². The van der Waals surface area contributed by atoms with E-state index in [0.717, 1.165) is 17.1 Å². The van der Waals surface area contributed by atoms with Gasteiger partial charge in [0.2, 0.25) is 0 Å². The Hall–Kier alpha value is -1.32. The topological polar surface area (TPSA) is 0 Å². The fraction of sp³-hybridized carbons (Fsp3) is 0.440. The molecule has 3 heteroatoms. The summed E-state index contributed by atoms with van der Waals surface area (Å²) in [5, 5.41) is 0. The van der Waals surface area contributed by atoms with Gasteiger partial charge in [0.15, 0.2) is 0 Å². The Labute approximate surface area is 178 Å². The highest BCUT2D eigenvalue weighted by Crippen LogP contribution is 2.43. The van der Waals surface area contributed by atoms with E-state index >= 15 is 0 Å². The van der Waals surface area contributed by atoms with Crippen molar-refractivity contribution in [2.45, 2.75) is 69.9 Å². The van der Waals surface area contributed by atoms with Crippen molar-refractivity contribution in [2.24, 2.45) is 5.92 Å². The van der Waals surface area contributed by atoms with E-state index in [-0.39, 0.29) is 0 Å². The van der Waals surface area contributed by atoms with E-state index in [9.17, 15) is 3.89 Å². The average molecular weight is 415 g/mol. The van der Waals surface area contributed by atoms with Crippen LogP contribution >= 0.6 is 23.5 Å². The summed E-state index contributed by atoms with van der Waals surface area (Å²) < 4.78 is 14.3. The summed E-state index contributed by atoms with van der Waals surface area (Å²) in [5.41, 5.74) is 6.64. The van der Waals surface area contributed by atoms with Gasteiger partial charge in [0, 0.05) is 10.5 Å². The Balaban J connectivity index is 2.12. The lowest BCUT2D eigenvalue weighted by Gasteiger charge is -2.23. The first-order valence-corrected chi connectivity index (χ1v) is 12.1. The van der Waals surface area contributed by atoms with Crippen LogP contribution in [0.15, 0.2) is 52.3 Å². The predicted molar refractivity (Wildman–Crippen MR) is 124 cm³/mol. The molecule has 0 spiro atoms. The number of aryl methyl sites for hydroxylation is 2. The van der Waals surface area contributed by atoms with Crippen molar-refractivity contribution in [1.82, 2.24) is 0 Å². The zero-order valence-corrected chi connectivity index (χ0v) is 18.9. The maximum Gasteiger partial charge on any atom is 0.0939 e. The molecule has 1 aromatic carbocycles. The zero-order valence-electron chi connectivity index (χ0n) is 17.3. The number of hydrogen-bond donors (Lipinski definition) is 0. The lowest BCUT2D eigenvalue weighted by molar-refractivity contribution is 0.619. The van der Waals surface area contributed by atoms with Crippen molar-refractivity contribution < 1.29 is 3.89 Å². The van der Waals surface area contributed by atoms with E-state index in [4.69, 9.17) is 0 Å². The van der Waals surface area contributed by atoms with E-state index in [1.54, 1.807) is 11.3 Å². The number of allylic oxidation sites excluding steroid dienone is 3. The summed E-state index contributed by atoms with van der Waals surface area (Å²) in [7, 11) is 0. The first-order valence-electron chi connectivity index (χ1n) is 10.5. The van der Waals surface area contributed by atoms with E-state index in [2.05, 4.69) is 63.3 Å². The van der Waals surface area contributed by atoms with Crippen molar-refractivity contribution in [3.05, 3.63) is 69.6 Å². The molecule has 28 heavy (non-hydrogen) atoms. The second-order valence-electron chi connectivity index (χ2n) is 7.83. The van der Waals surface area contributed by atoms with Gasteiger partial charge in [0.25, 0.3) is 0 Å². The van der Waals surface area contributed by atoms with Gasteiger partial charge in [0.05, 0.1) is 16.4 Å². The molecule has 150 valence electrons. The van der Waals surface area contributed by atoms with Crippen molar-refractivity contribution >= 4 is 29.1 Å². The van der Waals surface area contributed by atoms with Crippen LogP contribution in [0.5, 0.6) is 0 Å².